The summed E-state index contributed by atoms with van der Waals surface area (Å²) in [6, 6.07) is 6.91. The third-order valence-corrected chi connectivity index (χ3v) is 2.84. The smallest absolute Gasteiger partial charge is 0.329 e. The Hall–Kier alpha value is -2.08. The standard InChI is InChI=1S/C16H23NO5/c1-12(2)7-9-22-14-5-3-13(4-6-14)16(20)17-8-10-21-11-15(18)19/h3-6,12H,7-11H2,1-2H3,(H,17,20)(H,18,19). The molecule has 122 valence electrons. The largest absolute Gasteiger partial charge is 0.494 e. The van der Waals surface area contributed by atoms with E-state index in [-0.39, 0.29) is 25.7 Å². The number of nitrogens with one attached hydrogen (secondary N) is 1. The number of rotatable bonds is 10. The second-order valence-corrected chi connectivity index (χ2v) is 5.26. The Morgan fingerprint density at radius 1 is 1.18 bits per heavy atom. The van der Waals surface area contributed by atoms with E-state index in [4.69, 9.17) is 14.6 Å². The van der Waals surface area contributed by atoms with Crippen LogP contribution in [-0.4, -0.2) is 43.3 Å². The summed E-state index contributed by atoms with van der Waals surface area (Å²) in [6.45, 7) is 4.99. The third-order valence-electron chi connectivity index (χ3n) is 2.84. The number of ether oxygens (including phenoxy) is 2. The molecule has 0 saturated carbocycles. The van der Waals surface area contributed by atoms with Crippen molar-refractivity contribution in [2.24, 2.45) is 5.92 Å². The highest BCUT2D eigenvalue weighted by Gasteiger charge is 2.05. The van der Waals surface area contributed by atoms with Crippen molar-refractivity contribution < 1.29 is 24.2 Å². The molecule has 0 radical (unpaired) electrons. The molecule has 6 heteroatoms. The van der Waals surface area contributed by atoms with Crippen molar-refractivity contribution in [2.75, 3.05) is 26.4 Å². The van der Waals surface area contributed by atoms with E-state index in [9.17, 15) is 9.59 Å². The maximum atomic E-state index is 11.8. The highest BCUT2D eigenvalue weighted by atomic mass is 16.5. The lowest BCUT2D eigenvalue weighted by Gasteiger charge is -2.09. The van der Waals surface area contributed by atoms with E-state index in [0.29, 0.717) is 18.1 Å². The van der Waals surface area contributed by atoms with Gasteiger partial charge in [-0.25, -0.2) is 4.79 Å². The van der Waals surface area contributed by atoms with Crippen LogP contribution in [0.1, 0.15) is 30.6 Å². The van der Waals surface area contributed by atoms with E-state index in [1.165, 1.54) is 0 Å². The van der Waals surface area contributed by atoms with Crippen LogP contribution in [0.4, 0.5) is 0 Å². The van der Waals surface area contributed by atoms with Gasteiger partial charge in [0.15, 0.2) is 0 Å². The van der Waals surface area contributed by atoms with E-state index >= 15 is 0 Å². The van der Waals surface area contributed by atoms with Crippen LogP contribution in [0.15, 0.2) is 24.3 Å². The molecule has 1 aromatic carbocycles. The van der Waals surface area contributed by atoms with Crippen LogP contribution in [0.3, 0.4) is 0 Å². The van der Waals surface area contributed by atoms with Gasteiger partial charge in [0.2, 0.25) is 0 Å². The summed E-state index contributed by atoms with van der Waals surface area (Å²) in [5, 5.41) is 11.0. The molecule has 6 nitrogen and oxygen atoms in total. The number of amides is 1. The van der Waals surface area contributed by atoms with Gasteiger partial charge in [0, 0.05) is 12.1 Å². The van der Waals surface area contributed by atoms with Gasteiger partial charge in [-0.1, -0.05) is 13.8 Å². The number of carbonyl (C=O) groups is 2. The van der Waals surface area contributed by atoms with Gasteiger partial charge in [0.1, 0.15) is 12.4 Å². The van der Waals surface area contributed by atoms with Crippen molar-refractivity contribution in [3.63, 3.8) is 0 Å². The zero-order valence-electron chi connectivity index (χ0n) is 13.0. The van der Waals surface area contributed by atoms with Gasteiger partial charge in [-0.15, -0.1) is 0 Å². The fraction of sp³-hybridized carbons (Fsp3) is 0.500. The zero-order chi connectivity index (χ0) is 16.4. The van der Waals surface area contributed by atoms with Crippen molar-refractivity contribution >= 4 is 11.9 Å². The number of hydrogen-bond acceptors (Lipinski definition) is 4. The van der Waals surface area contributed by atoms with Crippen LogP contribution >= 0.6 is 0 Å². The average molecular weight is 309 g/mol. The number of hydrogen-bond donors (Lipinski definition) is 2. The molecule has 0 aliphatic rings. The molecule has 0 bridgehead atoms. The zero-order valence-corrected chi connectivity index (χ0v) is 13.0. The normalized spacial score (nSPS) is 10.5. The molecule has 0 aliphatic carbocycles. The maximum absolute atomic E-state index is 11.8. The van der Waals surface area contributed by atoms with Crippen molar-refractivity contribution in [1.82, 2.24) is 5.32 Å². The quantitative estimate of drug-likeness (QED) is 0.645. The second kappa shape index (κ2) is 9.78. The topological polar surface area (TPSA) is 84.9 Å². The van der Waals surface area contributed by atoms with Crippen molar-refractivity contribution in [3.05, 3.63) is 29.8 Å². The van der Waals surface area contributed by atoms with Gasteiger partial charge >= 0.3 is 5.97 Å². The molecule has 0 atom stereocenters. The Bertz CT molecular complexity index is 470. The van der Waals surface area contributed by atoms with Crippen LogP contribution < -0.4 is 10.1 Å². The molecule has 0 spiro atoms. The van der Waals surface area contributed by atoms with Crippen LogP contribution in [0.5, 0.6) is 5.75 Å². The van der Waals surface area contributed by atoms with Gasteiger partial charge in [-0.2, -0.15) is 0 Å². The summed E-state index contributed by atoms with van der Waals surface area (Å²) in [7, 11) is 0. The van der Waals surface area contributed by atoms with Gasteiger partial charge in [-0.05, 0) is 36.6 Å². The Kier molecular flexibility index (Phi) is 7.99. The number of carboxylic acids is 1. The molecular weight excluding hydrogens is 286 g/mol. The second-order valence-electron chi connectivity index (χ2n) is 5.26. The minimum absolute atomic E-state index is 0.161. The average Bonchev–Trinajstić information content (AvgIpc) is 2.46. The minimum Gasteiger partial charge on any atom is -0.494 e. The van der Waals surface area contributed by atoms with Crippen LogP contribution in [0.2, 0.25) is 0 Å². The molecular formula is C16H23NO5. The lowest BCUT2D eigenvalue weighted by molar-refractivity contribution is -0.142. The minimum atomic E-state index is -1.03. The predicted octanol–water partition coefficient (Wildman–Crippen LogP) is 1.94. The molecule has 0 fully saturated rings. The summed E-state index contributed by atoms with van der Waals surface area (Å²) in [6.07, 6.45) is 0.985. The Balaban J connectivity index is 2.29. The van der Waals surface area contributed by atoms with Crippen molar-refractivity contribution in [1.29, 1.82) is 0 Å². The molecule has 1 amide bonds. The lowest BCUT2D eigenvalue weighted by atomic mass is 10.1. The lowest BCUT2D eigenvalue weighted by Crippen LogP contribution is -2.27. The first-order valence-electron chi connectivity index (χ1n) is 7.29. The van der Waals surface area contributed by atoms with Crippen LogP contribution in [0.25, 0.3) is 0 Å². The number of carbonyl (C=O) groups excluding carboxylic acids is 1. The summed E-state index contributed by atoms with van der Waals surface area (Å²) in [5.74, 6) is 0.0717. The highest BCUT2D eigenvalue weighted by molar-refractivity contribution is 5.94. The summed E-state index contributed by atoms with van der Waals surface area (Å²) in [5.41, 5.74) is 0.523. The van der Waals surface area contributed by atoms with Gasteiger partial charge in [-0.3, -0.25) is 4.79 Å². The monoisotopic (exact) mass is 309 g/mol. The van der Waals surface area contributed by atoms with Gasteiger partial charge < -0.3 is 19.9 Å². The van der Waals surface area contributed by atoms with E-state index in [1.54, 1.807) is 24.3 Å². The molecule has 22 heavy (non-hydrogen) atoms. The van der Waals surface area contributed by atoms with Crippen LogP contribution in [-0.2, 0) is 9.53 Å². The Morgan fingerprint density at radius 3 is 2.45 bits per heavy atom. The number of aliphatic carboxylic acids is 1. The SMILES string of the molecule is CC(C)CCOc1ccc(C(=O)NCCOCC(=O)O)cc1. The molecule has 0 aliphatic heterocycles. The number of benzene rings is 1. The maximum Gasteiger partial charge on any atom is 0.329 e. The fourth-order valence-corrected chi connectivity index (χ4v) is 1.61. The fourth-order valence-electron chi connectivity index (χ4n) is 1.61. The molecule has 1 aromatic rings. The van der Waals surface area contributed by atoms with Gasteiger partial charge in [0.25, 0.3) is 5.91 Å². The summed E-state index contributed by atoms with van der Waals surface area (Å²) >= 11 is 0. The first-order valence-corrected chi connectivity index (χ1v) is 7.29. The molecule has 0 aromatic heterocycles. The van der Waals surface area contributed by atoms with Gasteiger partial charge in [0.05, 0.1) is 13.2 Å². The van der Waals surface area contributed by atoms with Crippen LogP contribution in [0, 0.1) is 5.92 Å². The number of carboxylic acid groups (broad SMARTS) is 1. The third kappa shape index (κ3) is 7.64. The van der Waals surface area contributed by atoms with Crippen molar-refractivity contribution in [2.45, 2.75) is 20.3 Å². The molecule has 2 N–H and O–H groups in total. The van der Waals surface area contributed by atoms with E-state index in [1.807, 2.05) is 0 Å². The molecule has 0 unspecified atom stereocenters. The summed E-state index contributed by atoms with van der Waals surface area (Å²) < 4.78 is 10.4. The Morgan fingerprint density at radius 2 is 1.86 bits per heavy atom. The van der Waals surface area contributed by atoms with E-state index in [0.717, 1.165) is 12.2 Å². The molecule has 0 heterocycles. The first kappa shape index (κ1) is 18.0. The summed E-state index contributed by atoms with van der Waals surface area (Å²) in [4.78, 5) is 22.1. The molecule has 0 saturated heterocycles. The van der Waals surface area contributed by atoms with E-state index in [2.05, 4.69) is 19.2 Å². The molecule has 1 rings (SSSR count). The highest BCUT2D eigenvalue weighted by Crippen LogP contribution is 2.13. The predicted molar refractivity (Wildman–Crippen MR) is 82.2 cm³/mol. The van der Waals surface area contributed by atoms with E-state index < -0.39 is 5.97 Å². The Labute approximate surface area is 130 Å². The first-order chi connectivity index (χ1) is 10.5. The van der Waals surface area contributed by atoms with Crippen molar-refractivity contribution in [3.8, 4) is 5.75 Å².